The van der Waals surface area contributed by atoms with Crippen LogP contribution in [0.5, 0.6) is 0 Å². The van der Waals surface area contributed by atoms with Crippen LogP contribution < -0.4 is 0 Å². The van der Waals surface area contributed by atoms with Gasteiger partial charge in [0.1, 0.15) is 18.0 Å². The second kappa shape index (κ2) is 6.38. The number of esters is 2. The van der Waals surface area contributed by atoms with Gasteiger partial charge in [-0.05, 0) is 26.2 Å². The normalized spacial score (nSPS) is 46.2. The van der Waals surface area contributed by atoms with Gasteiger partial charge in [0, 0.05) is 31.8 Å². The zero-order valence-electron chi connectivity index (χ0n) is 15.6. The van der Waals surface area contributed by atoms with Crippen molar-refractivity contribution in [3.05, 3.63) is 0 Å². The summed E-state index contributed by atoms with van der Waals surface area (Å²) in [5.74, 6) is -1.26. The van der Waals surface area contributed by atoms with Crippen LogP contribution in [0.15, 0.2) is 0 Å². The molecule has 8 atom stereocenters. The summed E-state index contributed by atoms with van der Waals surface area (Å²) in [5.41, 5.74) is -0.855. The third-order valence-electron chi connectivity index (χ3n) is 6.56. The fraction of sp³-hybridized carbons (Fsp3) is 0.842. The van der Waals surface area contributed by atoms with Gasteiger partial charge < -0.3 is 14.2 Å². The van der Waals surface area contributed by atoms with Crippen molar-refractivity contribution in [2.75, 3.05) is 6.61 Å². The molecule has 3 rings (SSSR count). The quantitative estimate of drug-likeness (QED) is 0.724. The summed E-state index contributed by atoms with van der Waals surface area (Å²) in [7, 11) is 0. The van der Waals surface area contributed by atoms with Gasteiger partial charge in [-0.25, -0.2) is 0 Å². The van der Waals surface area contributed by atoms with Gasteiger partial charge in [0.2, 0.25) is 0 Å². The number of ketones is 1. The fourth-order valence-electron chi connectivity index (χ4n) is 5.55. The molecule has 0 unspecified atom stereocenters. The van der Waals surface area contributed by atoms with Gasteiger partial charge in [0.05, 0.1) is 17.4 Å². The highest BCUT2D eigenvalue weighted by atomic mass is 16.6. The van der Waals surface area contributed by atoms with Crippen LogP contribution >= 0.6 is 0 Å². The lowest BCUT2D eigenvalue weighted by molar-refractivity contribution is -0.167. The molecule has 0 spiro atoms. The highest BCUT2D eigenvalue weighted by Gasteiger charge is 2.66. The lowest BCUT2D eigenvalue weighted by atomic mass is 9.66. The van der Waals surface area contributed by atoms with Crippen LogP contribution in [0.2, 0.25) is 0 Å². The maximum absolute atomic E-state index is 13.1. The van der Waals surface area contributed by atoms with Gasteiger partial charge in [0.15, 0.2) is 0 Å². The van der Waals surface area contributed by atoms with E-state index in [0.29, 0.717) is 19.4 Å². The highest BCUT2D eigenvalue weighted by Crippen LogP contribution is 2.57. The Morgan fingerprint density at radius 2 is 2.00 bits per heavy atom. The third-order valence-corrected chi connectivity index (χ3v) is 6.56. The zero-order valence-corrected chi connectivity index (χ0v) is 15.6. The first-order valence-electron chi connectivity index (χ1n) is 9.24. The molecule has 3 aliphatic rings. The summed E-state index contributed by atoms with van der Waals surface area (Å²) in [6.45, 7) is 9.58. The molecule has 1 aliphatic heterocycles. The molecular formula is C19H28O6. The molecule has 3 fully saturated rings. The standard InChI is InChI=1S/C19H28O6/c1-6-23-13-8-14(21)19(5)16(13)9(2)7-12-15(10(3)18(22)25-12)17(19)24-11(4)20/h9-10,12-13,15-17H,6-8H2,1-5H3/t9-,10+,12-,13-,15-,16-,17+,19-/m1/s1. The minimum Gasteiger partial charge on any atom is -0.462 e. The van der Waals surface area contributed by atoms with Crippen molar-refractivity contribution in [2.45, 2.75) is 65.8 Å². The number of Topliss-reactive ketones (excluding diaryl/α,β-unsaturated/α-hetero) is 1. The van der Waals surface area contributed by atoms with Crippen LogP contribution in [0.1, 0.15) is 47.5 Å². The van der Waals surface area contributed by atoms with Crippen molar-refractivity contribution in [1.29, 1.82) is 0 Å². The molecule has 0 aromatic heterocycles. The zero-order chi connectivity index (χ0) is 18.5. The monoisotopic (exact) mass is 352 g/mol. The van der Waals surface area contributed by atoms with Crippen LogP contribution in [0.4, 0.5) is 0 Å². The van der Waals surface area contributed by atoms with Crippen molar-refractivity contribution in [3.63, 3.8) is 0 Å². The summed E-state index contributed by atoms with van der Waals surface area (Å²) < 4.78 is 17.2. The molecule has 25 heavy (non-hydrogen) atoms. The average molecular weight is 352 g/mol. The second-order valence-corrected chi connectivity index (χ2v) is 8.01. The molecule has 0 aromatic rings. The Labute approximate surface area is 148 Å². The van der Waals surface area contributed by atoms with Crippen molar-refractivity contribution in [2.24, 2.45) is 29.1 Å². The Morgan fingerprint density at radius 1 is 1.32 bits per heavy atom. The van der Waals surface area contributed by atoms with Crippen LogP contribution in [0, 0.1) is 29.1 Å². The topological polar surface area (TPSA) is 78.9 Å². The lowest BCUT2D eigenvalue weighted by Gasteiger charge is -2.41. The molecule has 0 radical (unpaired) electrons. The van der Waals surface area contributed by atoms with E-state index in [-0.39, 0.29) is 41.7 Å². The maximum atomic E-state index is 13.1. The molecule has 140 valence electrons. The van der Waals surface area contributed by atoms with E-state index in [4.69, 9.17) is 14.2 Å². The smallest absolute Gasteiger partial charge is 0.309 e. The van der Waals surface area contributed by atoms with E-state index in [1.165, 1.54) is 6.92 Å². The Kier molecular flexibility index (Phi) is 4.69. The lowest BCUT2D eigenvalue weighted by Crippen LogP contribution is -2.50. The van der Waals surface area contributed by atoms with E-state index in [9.17, 15) is 14.4 Å². The molecule has 0 aromatic carbocycles. The van der Waals surface area contributed by atoms with Gasteiger partial charge in [-0.15, -0.1) is 0 Å². The summed E-state index contributed by atoms with van der Waals surface area (Å²) >= 11 is 0. The second-order valence-electron chi connectivity index (χ2n) is 8.01. The molecule has 6 nitrogen and oxygen atoms in total. The Morgan fingerprint density at radius 3 is 2.60 bits per heavy atom. The minimum absolute atomic E-state index is 0.0548. The van der Waals surface area contributed by atoms with Gasteiger partial charge in [-0.3, -0.25) is 14.4 Å². The van der Waals surface area contributed by atoms with E-state index >= 15 is 0 Å². The number of carbonyl (C=O) groups is 3. The van der Waals surface area contributed by atoms with E-state index in [2.05, 4.69) is 6.92 Å². The van der Waals surface area contributed by atoms with E-state index in [1.807, 2.05) is 13.8 Å². The molecular weight excluding hydrogens is 324 g/mol. The summed E-state index contributed by atoms with van der Waals surface area (Å²) in [5, 5.41) is 0. The van der Waals surface area contributed by atoms with Gasteiger partial charge in [0.25, 0.3) is 0 Å². The average Bonchev–Trinajstić information content (AvgIpc) is 2.89. The predicted octanol–water partition coefficient (Wildman–Crippen LogP) is 2.14. The molecule has 2 saturated carbocycles. The Hall–Kier alpha value is -1.43. The summed E-state index contributed by atoms with van der Waals surface area (Å²) in [4.78, 5) is 37.1. The van der Waals surface area contributed by atoms with E-state index in [0.717, 1.165) is 0 Å². The summed E-state index contributed by atoms with van der Waals surface area (Å²) in [6, 6.07) is 0. The first-order valence-corrected chi connectivity index (χ1v) is 9.24. The molecule has 1 heterocycles. The largest absolute Gasteiger partial charge is 0.462 e. The fourth-order valence-corrected chi connectivity index (χ4v) is 5.55. The summed E-state index contributed by atoms with van der Waals surface area (Å²) in [6.07, 6.45) is -0.170. The Balaban J connectivity index is 2.09. The van der Waals surface area contributed by atoms with Crippen molar-refractivity contribution in [1.82, 2.24) is 0 Å². The molecule has 1 saturated heterocycles. The number of fused-ring (bicyclic) bond motifs is 2. The third kappa shape index (κ3) is 2.69. The van der Waals surface area contributed by atoms with Crippen molar-refractivity contribution >= 4 is 17.7 Å². The van der Waals surface area contributed by atoms with Gasteiger partial charge >= 0.3 is 11.9 Å². The van der Waals surface area contributed by atoms with Crippen LogP contribution in [-0.4, -0.2) is 42.6 Å². The molecule has 0 bridgehead atoms. The van der Waals surface area contributed by atoms with Gasteiger partial charge in [-0.2, -0.15) is 0 Å². The molecule has 2 aliphatic carbocycles. The number of carbonyl (C=O) groups excluding carboxylic acids is 3. The van der Waals surface area contributed by atoms with Crippen LogP contribution in [-0.2, 0) is 28.6 Å². The highest BCUT2D eigenvalue weighted by molar-refractivity contribution is 5.89. The van der Waals surface area contributed by atoms with Crippen LogP contribution in [0.25, 0.3) is 0 Å². The SMILES string of the molecule is CCO[C@@H]1CC(=O)[C@]2(C)[C@@H]1[C@H](C)C[C@H]1OC(=O)[C@@H](C)[C@H]1[C@@H]2OC(C)=O. The molecule has 0 amide bonds. The van der Waals surface area contributed by atoms with E-state index < -0.39 is 23.4 Å². The molecule has 0 N–H and O–H groups in total. The number of hydrogen-bond donors (Lipinski definition) is 0. The Bertz CT molecular complexity index is 586. The first-order chi connectivity index (χ1) is 11.7. The number of ether oxygens (including phenoxy) is 3. The van der Waals surface area contributed by atoms with Crippen molar-refractivity contribution < 1.29 is 28.6 Å². The number of hydrogen-bond acceptors (Lipinski definition) is 6. The van der Waals surface area contributed by atoms with E-state index in [1.54, 1.807) is 6.92 Å². The number of rotatable bonds is 3. The maximum Gasteiger partial charge on any atom is 0.309 e. The van der Waals surface area contributed by atoms with Crippen LogP contribution in [0.3, 0.4) is 0 Å². The van der Waals surface area contributed by atoms with Crippen molar-refractivity contribution in [3.8, 4) is 0 Å². The molecule has 6 heteroatoms. The first kappa shape index (κ1) is 18.4. The van der Waals surface area contributed by atoms with Gasteiger partial charge in [-0.1, -0.05) is 13.8 Å². The predicted molar refractivity (Wildman–Crippen MR) is 88.5 cm³/mol. The minimum atomic E-state index is -0.855.